The highest BCUT2D eigenvalue weighted by Gasteiger charge is 2.40. The number of hydrogen-bond acceptors (Lipinski definition) is 2. The van der Waals surface area contributed by atoms with Crippen LogP contribution in [0.3, 0.4) is 0 Å². The molecule has 1 atom stereocenters. The topological polar surface area (TPSA) is 20.3 Å². The molecule has 1 aliphatic heterocycles. The first-order valence-corrected chi connectivity index (χ1v) is 8.99. The number of amides is 1. The number of thioether (sulfide) groups is 1. The van der Waals surface area contributed by atoms with Crippen LogP contribution in [-0.4, -0.2) is 11.7 Å². The van der Waals surface area contributed by atoms with Gasteiger partial charge in [-0.15, -0.1) is 11.8 Å². The summed E-state index contributed by atoms with van der Waals surface area (Å²) in [5.41, 5.74) is 0.935. The van der Waals surface area contributed by atoms with E-state index < -0.39 is 17.1 Å². The fourth-order valence-corrected chi connectivity index (χ4v) is 4.14. The molecule has 7 heteroatoms. The number of benzene rings is 2. The van der Waals surface area contributed by atoms with Crippen LogP contribution in [0.15, 0.2) is 46.9 Å². The monoisotopic (exact) mass is 415 g/mol. The van der Waals surface area contributed by atoms with Crippen molar-refractivity contribution in [3.05, 3.63) is 63.6 Å². The van der Waals surface area contributed by atoms with Gasteiger partial charge in [0.2, 0.25) is 5.91 Å². The Morgan fingerprint density at radius 1 is 1.21 bits per heavy atom. The number of halogens is 4. The van der Waals surface area contributed by atoms with E-state index in [1.807, 2.05) is 6.92 Å². The molecule has 3 rings (SSSR count). The van der Waals surface area contributed by atoms with Gasteiger partial charge in [0.15, 0.2) is 0 Å². The molecule has 0 N–H and O–H groups in total. The largest absolute Gasteiger partial charge is 0.416 e. The van der Waals surface area contributed by atoms with Gasteiger partial charge in [0.05, 0.1) is 11.3 Å². The molecule has 0 spiro atoms. The van der Waals surface area contributed by atoms with E-state index in [4.69, 9.17) is 0 Å². The van der Waals surface area contributed by atoms with Crippen LogP contribution in [0.25, 0.3) is 0 Å². The molecule has 1 heterocycles. The Bertz CT molecular complexity index is 794. The number of nitrogens with zero attached hydrogens (tertiary/aromatic N) is 1. The SMILES string of the molecule is Cc1cc(N2C(=O)CS[C@H]2c2ccccc2C(F)(F)F)ccc1Br. The Morgan fingerprint density at radius 3 is 2.58 bits per heavy atom. The number of anilines is 1. The average molecular weight is 416 g/mol. The van der Waals surface area contributed by atoms with Gasteiger partial charge in [-0.1, -0.05) is 34.1 Å². The van der Waals surface area contributed by atoms with Crippen molar-refractivity contribution in [2.24, 2.45) is 0 Å². The lowest BCUT2D eigenvalue weighted by atomic mass is 10.1. The van der Waals surface area contributed by atoms with Crippen LogP contribution in [0.1, 0.15) is 22.1 Å². The van der Waals surface area contributed by atoms with E-state index >= 15 is 0 Å². The summed E-state index contributed by atoms with van der Waals surface area (Å²) in [5, 5.41) is -0.684. The maximum atomic E-state index is 13.3. The van der Waals surface area contributed by atoms with Crippen molar-refractivity contribution in [1.82, 2.24) is 0 Å². The van der Waals surface area contributed by atoms with E-state index in [2.05, 4.69) is 15.9 Å². The Morgan fingerprint density at radius 2 is 1.92 bits per heavy atom. The van der Waals surface area contributed by atoms with Crippen molar-refractivity contribution < 1.29 is 18.0 Å². The minimum atomic E-state index is -4.45. The van der Waals surface area contributed by atoms with Crippen molar-refractivity contribution in [2.45, 2.75) is 18.5 Å². The minimum absolute atomic E-state index is 0.112. The quantitative estimate of drug-likeness (QED) is 0.640. The second-order valence-electron chi connectivity index (χ2n) is 5.45. The van der Waals surface area contributed by atoms with Gasteiger partial charge in [-0.3, -0.25) is 9.69 Å². The van der Waals surface area contributed by atoms with Gasteiger partial charge < -0.3 is 0 Å². The summed E-state index contributed by atoms with van der Waals surface area (Å²) >= 11 is 4.60. The predicted molar refractivity (Wildman–Crippen MR) is 93.0 cm³/mol. The molecule has 2 nitrogen and oxygen atoms in total. The number of rotatable bonds is 2. The first kappa shape index (κ1) is 17.4. The lowest BCUT2D eigenvalue weighted by Crippen LogP contribution is -2.29. The number of hydrogen-bond donors (Lipinski definition) is 0. The fourth-order valence-electron chi connectivity index (χ4n) is 2.68. The molecule has 1 saturated heterocycles. The second-order valence-corrected chi connectivity index (χ2v) is 7.37. The zero-order valence-corrected chi connectivity index (χ0v) is 15.0. The average Bonchev–Trinajstić information content (AvgIpc) is 2.91. The summed E-state index contributed by atoms with van der Waals surface area (Å²) in [4.78, 5) is 13.8. The van der Waals surface area contributed by atoms with E-state index in [-0.39, 0.29) is 17.2 Å². The van der Waals surface area contributed by atoms with Crippen molar-refractivity contribution in [3.63, 3.8) is 0 Å². The van der Waals surface area contributed by atoms with Crippen LogP contribution < -0.4 is 4.90 Å². The molecule has 126 valence electrons. The molecule has 0 aromatic heterocycles. The standard InChI is InChI=1S/C17H13BrF3NOS/c1-10-8-11(6-7-14(10)18)22-15(23)9-24-16(22)12-4-2-3-5-13(12)17(19,20)21/h2-8,16H,9H2,1H3/t16-/m0/s1. The third-order valence-electron chi connectivity index (χ3n) is 3.82. The molecular formula is C17H13BrF3NOS. The molecule has 1 amide bonds. The third-order valence-corrected chi connectivity index (χ3v) is 5.90. The minimum Gasteiger partial charge on any atom is -0.295 e. The first-order chi connectivity index (χ1) is 11.3. The van der Waals surface area contributed by atoms with E-state index in [0.29, 0.717) is 5.69 Å². The van der Waals surface area contributed by atoms with Crippen molar-refractivity contribution >= 4 is 39.3 Å². The Hall–Kier alpha value is -1.47. The lowest BCUT2D eigenvalue weighted by molar-refractivity contribution is -0.138. The number of alkyl halides is 3. The normalized spacial score (nSPS) is 18.3. The molecule has 1 fully saturated rings. The summed E-state index contributed by atoms with van der Waals surface area (Å²) in [6.07, 6.45) is -4.45. The number of carbonyl (C=O) groups excluding carboxylic acids is 1. The molecule has 24 heavy (non-hydrogen) atoms. The Kier molecular flexibility index (Phi) is 4.66. The van der Waals surface area contributed by atoms with Crippen molar-refractivity contribution in [3.8, 4) is 0 Å². The molecule has 0 saturated carbocycles. The molecule has 0 aliphatic carbocycles. The van der Waals surface area contributed by atoms with Gasteiger partial charge in [-0.05, 0) is 42.3 Å². The number of aryl methyl sites for hydroxylation is 1. The molecule has 0 unspecified atom stereocenters. The maximum Gasteiger partial charge on any atom is 0.416 e. The van der Waals surface area contributed by atoms with Crippen LogP contribution in [0.2, 0.25) is 0 Å². The van der Waals surface area contributed by atoms with Crippen LogP contribution in [0, 0.1) is 6.92 Å². The van der Waals surface area contributed by atoms with Crippen molar-refractivity contribution in [1.29, 1.82) is 0 Å². The van der Waals surface area contributed by atoms with Crippen LogP contribution >= 0.6 is 27.7 Å². The Labute approximate surface area is 150 Å². The molecule has 2 aromatic rings. The van der Waals surface area contributed by atoms with Gasteiger partial charge in [0.1, 0.15) is 5.37 Å². The highest BCUT2D eigenvalue weighted by Crippen LogP contribution is 2.46. The molecule has 0 bridgehead atoms. The van der Waals surface area contributed by atoms with E-state index in [0.717, 1.165) is 16.1 Å². The second kappa shape index (κ2) is 6.44. The smallest absolute Gasteiger partial charge is 0.295 e. The zero-order valence-electron chi connectivity index (χ0n) is 12.6. The lowest BCUT2D eigenvalue weighted by Gasteiger charge is -2.27. The molecule has 2 aromatic carbocycles. The summed E-state index contributed by atoms with van der Waals surface area (Å²) in [7, 11) is 0. The van der Waals surface area contributed by atoms with Gasteiger partial charge >= 0.3 is 6.18 Å². The van der Waals surface area contributed by atoms with E-state index in [9.17, 15) is 18.0 Å². The fraction of sp³-hybridized carbons (Fsp3) is 0.235. The van der Waals surface area contributed by atoms with Crippen molar-refractivity contribution in [2.75, 3.05) is 10.7 Å². The van der Waals surface area contributed by atoms with Gasteiger partial charge in [0, 0.05) is 10.2 Å². The van der Waals surface area contributed by atoms with Crippen LogP contribution in [-0.2, 0) is 11.0 Å². The summed E-state index contributed by atoms with van der Waals surface area (Å²) in [6, 6.07) is 10.8. The van der Waals surface area contributed by atoms with E-state index in [1.165, 1.54) is 28.8 Å². The molecule has 1 aliphatic rings. The van der Waals surface area contributed by atoms with Gasteiger partial charge in [-0.2, -0.15) is 13.2 Å². The summed E-state index contributed by atoms with van der Waals surface area (Å²) < 4.78 is 40.9. The zero-order chi connectivity index (χ0) is 17.5. The Balaban J connectivity index is 2.08. The predicted octanol–water partition coefficient (Wildman–Crippen LogP) is 5.55. The highest BCUT2D eigenvalue weighted by molar-refractivity contribution is 9.10. The third kappa shape index (κ3) is 3.19. The first-order valence-electron chi connectivity index (χ1n) is 7.15. The van der Waals surface area contributed by atoms with Gasteiger partial charge in [-0.25, -0.2) is 0 Å². The van der Waals surface area contributed by atoms with Gasteiger partial charge in [0.25, 0.3) is 0 Å². The number of carbonyl (C=O) groups is 1. The molecular weight excluding hydrogens is 403 g/mol. The van der Waals surface area contributed by atoms with E-state index in [1.54, 1.807) is 24.3 Å². The maximum absolute atomic E-state index is 13.3. The highest BCUT2D eigenvalue weighted by atomic mass is 79.9. The summed E-state index contributed by atoms with van der Waals surface area (Å²) in [5.74, 6) is -0.0323. The summed E-state index contributed by atoms with van der Waals surface area (Å²) in [6.45, 7) is 1.87. The molecule has 0 radical (unpaired) electrons. The van der Waals surface area contributed by atoms with Crippen LogP contribution in [0.4, 0.5) is 18.9 Å². The van der Waals surface area contributed by atoms with Crippen LogP contribution in [0.5, 0.6) is 0 Å².